The van der Waals surface area contributed by atoms with Crippen LogP contribution in [0.25, 0.3) is 22.2 Å². The molecule has 1 saturated heterocycles. The maximum atomic E-state index is 13.7. The first-order valence-electron chi connectivity index (χ1n) is 11.2. The van der Waals surface area contributed by atoms with Gasteiger partial charge in [-0.05, 0) is 37.3 Å². The first-order valence-corrected chi connectivity index (χ1v) is 11.2. The number of amides is 1. The predicted octanol–water partition coefficient (Wildman–Crippen LogP) is 5.08. The molecular formula is C27H24N4O3. The number of piperazine rings is 1. The van der Waals surface area contributed by atoms with Gasteiger partial charge in [-0.3, -0.25) is 14.9 Å². The van der Waals surface area contributed by atoms with Gasteiger partial charge in [0.05, 0.1) is 21.7 Å². The van der Waals surface area contributed by atoms with Crippen molar-refractivity contribution in [3.8, 4) is 11.3 Å². The third kappa shape index (κ3) is 4.20. The third-order valence-corrected chi connectivity index (χ3v) is 6.26. The highest BCUT2D eigenvalue weighted by molar-refractivity contribution is 6.07. The Balaban J connectivity index is 1.41. The van der Waals surface area contributed by atoms with Crippen LogP contribution in [0, 0.1) is 17.0 Å². The fourth-order valence-electron chi connectivity index (χ4n) is 4.40. The fraction of sp³-hybridized carbons (Fsp3) is 0.185. The second-order valence-corrected chi connectivity index (χ2v) is 8.49. The Morgan fingerprint density at radius 3 is 2.29 bits per heavy atom. The normalized spacial score (nSPS) is 13.8. The number of non-ortho nitro benzene ring substituents is 1. The van der Waals surface area contributed by atoms with Crippen LogP contribution in [0.5, 0.6) is 0 Å². The summed E-state index contributed by atoms with van der Waals surface area (Å²) in [6.45, 7) is 4.49. The lowest BCUT2D eigenvalue weighted by atomic mass is 10.0. The number of pyridine rings is 1. The number of carbonyl (C=O) groups excluding carboxylic acids is 1. The molecule has 4 aromatic rings. The van der Waals surface area contributed by atoms with E-state index in [-0.39, 0.29) is 11.6 Å². The van der Waals surface area contributed by atoms with E-state index in [9.17, 15) is 14.9 Å². The smallest absolute Gasteiger partial charge is 0.269 e. The zero-order valence-electron chi connectivity index (χ0n) is 18.8. The van der Waals surface area contributed by atoms with Crippen molar-refractivity contribution in [1.82, 2.24) is 9.88 Å². The lowest BCUT2D eigenvalue weighted by molar-refractivity contribution is -0.384. The van der Waals surface area contributed by atoms with Gasteiger partial charge in [0.15, 0.2) is 0 Å². The summed E-state index contributed by atoms with van der Waals surface area (Å²) in [5.41, 5.74) is 5.31. The minimum Gasteiger partial charge on any atom is -0.368 e. The first-order chi connectivity index (χ1) is 16.5. The van der Waals surface area contributed by atoms with Crippen LogP contribution in [0.2, 0.25) is 0 Å². The molecular weight excluding hydrogens is 428 g/mol. The maximum Gasteiger partial charge on any atom is 0.269 e. The number of nitro groups is 1. The number of rotatable bonds is 4. The van der Waals surface area contributed by atoms with Crippen LogP contribution in [-0.2, 0) is 0 Å². The van der Waals surface area contributed by atoms with E-state index in [0.29, 0.717) is 31.7 Å². The Hall–Kier alpha value is -4.26. The van der Waals surface area contributed by atoms with E-state index in [0.717, 1.165) is 33.4 Å². The Morgan fingerprint density at radius 2 is 1.62 bits per heavy atom. The molecule has 0 bridgehead atoms. The highest BCUT2D eigenvalue weighted by Crippen LogP contribution is 2.28. The van der Waals surface area contributed by atoms with Crippen LogP contribution >= 0.6 is 0 Å². The molecule has 7 nitrogen and oxygen atoms in total. The van der Waals surface area contributed by atoms with Gasteiger partial charge in [-0.15, -0.1) is 0 Å². The van der Waals surface area contributed by atoms with Crippen molar-refractivity contribution in [1.29, 1.82) is 0 Å². The molecule has 7 heteroatoms. The second kappa shape index (κ2) is 8.94. The summed E-state index contributed by atoms with van der Waals surface area (Å²) in [6.07, 6.45) is 0. The van der Waals surface area contributed by atoms with Gasteiger partial charge in [0.25, 0.3) is 11.6 Å². The fourth-order valence-corrected chi connectivity index (χ4v) is 4.40. The van der Waals surface area contributed by atoms with Crippen molar-refractivity contribution >= 4 is 28.2 Å². The summed E-state index contributed by atoms with van der Waals surface area (Å²) in [6, 6.07) is 24.4. The standard InChI is InChI=1S/C27H24N4O3/c1-19-7-12-25-23(17-19)24(18-26(28-25)20-5-3-2-4-6-20)27(32)30-15-13-29(14-16-30)21-8-10-22(11-9-21)31(33)34/h2-12,17-18H,13-16H2,1H3. The Kier molecular flexibility index (Phi) is 5.67. The van der Waals surface area contributed by atoms with E-state index >= 15 is 0 Å². The molecule has 1 amide bonds. The van der Waals surface area contributed by atoms with Crippen molar-refractivity contribution in [3.63, 3.8) is 0 Å². The van der Waals surface area contributed by atoms with Gasteiger partial charge in [-0.2, -0.15) is 0 Å². The van der Waals surface area contributed by atoms with E-state index in [4.69, 9.17) is 4.98 Å². The summed E-state index contributed by atoms with van der Waals surface area (Å²) in [5.74, 6) is -0.00136. The van der Waals surface area contributed by atoms with Crippen molar-refractivity contribution in [3.05, 3.63) is 100 Å². The average Bonchev–Trinajstić information content (AvgIpc) is 2.88. The lowest BCUT2D eigenvalue weighted by Gasteiger charge is -2.36. The summed E-state index contributed by atoms with van der Waals surface area (Å²) in [4.78, 5) is 33.0. The number of aromatic nitrogens is 1. The number of nitro benzene ring substituents is 1. The largest absolute Gasteiger partial charge is 0.368 e. The van der Waals surface area contributed by atoms with Gasteiger partial charge in [0.2, 0.25) is 0 Å². The Labute approximate surface area is 197 Å². The number of carbonyl (C=O) groups is 1. The molecule has 1 aromatic heterocycles. The predicted molar refractivity (Wildman–Crippen MR) is 133 cm³/mol. The Bertz CT molecular complexity index is 1360. The number of hydrogen-bond donors (Lipinski definition) is 0. The second-order valence-electron chi connectivity index (χ2n) is 8.49. The van der Waals surface area contributed by atoms with Gasteiger partial charge in [-0.1, -0.05) is 42.0 Å². The number of hydrogen-bond acceptors (Lipinski definition) is 5. The van der Waals surface area contributed by atoms with E-state index < -0.39 is 4.92 Å². The molecule has 170 valence electrons. The van der Waals surface area contributed by atoms with Gasteiger partial charge >= 0.3 is 0 Å². The summed E-state index contributed by atoms with van der Waals surface area (Å²) >= 11 is 0. The molecule has 0 unspecified atom stereocenters. The summed E-state index contributed by atoms with van der Waals surface area (Å²) in [5, 5.41) is 11.8. The number of anilines is 1. The molecule has 1 fully saturated rings. The molecule has 0 N–H and O–H groups in total. The zero-order valence-corrected chi connectivity index (χ0v) is 18.8. The number of fused-ring (bicyclic) bond motifs is 1. The zero-order chi connectivity index (χ0) is 23.7. The Morgan fingerprint density at radius 1 is 0.912 bits per heavy atom. The molecule has 0 spiro atoms. The third-order valence-electron chi connectivity index (χ3n) is 6.26. The maximum absolute atomic E-state index is 13.7. The molecule has 34 heavy (non-hydrogen) atoms. The van der Waals surface area contributed by atoms with Crippen molar-refractivity contribution in [2.24, 2.45) is 0 Å². The summed E-state index contributed by atoms with van der Waals surface area (Å²) < 4.78 is 0. The topological polar surface area (TPSA) is 79.6 Å². The molecule has 0 saturated carbocycles. The van der Waals surface area contributed by atoms with E-state index in [1.165, 1.54) is 12.1 Å². The summed E-state index contributed by atoms with van der Waals surface area (Å²) in [7, 11) is 0. The van der Waals surface area contributed by atoms with Crippen molar-refractivity contribution in [2.45, 2.75) is 6.92 Å². The highest BCUT2D eigenvalue weighted by Gasteiger charge is 2.25. The molecule has 5 rings (SSSR count). The number of nitrogens with zero attached hydrogens (tertiary/aromatic N) is 4. The van der Waals surface area contributed by atoms with Gasteiger partial charge in [-0.25, -0.2) is 4.98 Å². The van der Waals surface area contributed by atoms with Crippen LogP contribution in [0.15, 0.2) is 78.9 Å². The van der Waals surface area contributed by atoms with Crippen molar-refractivity contribution in [2.75, 3.05) is 31.1 Å². The first kappa shape index (κ1) is 21.6. The van der Waals surface area contributed by atoms with Gasteiger partial charge in [0.1, 0.15) is 0 Å². The van der Waals surface area contributed by atoms with Gasteiger partial charge < -0.3 is 9.80 Å². The van der Waals surface area contributed by atoms with E-state index in [1.54, 1.807) is 12.1 Å². The monoisotopic (exact) mass is 452 g/mol. The molecule has 0 aliphatic carbocycles. The van der Waals surface area contributed by atoms with Crippen LogP contribution in [0.1, 0.15) is 15.9 Å². The molecule has 1 aliphatic rings. The van der Waals surface area contributed by atoms with Crippen LogP contribution in [-0.4, -0.2) is 46.9 Å². The van der Waals surface area contributed by atoms with Crippen LogP contribution < -0.4 is 4.90 Å². The number of aryl methyl sites for hydroxylation is 1. The number of benzene rings is 3. The SMILES string of the molecule is Cc1ccc2nc(-c3ccccc3)cc(C(=O)N3CCN(c4ccc([N+](=O)[O-])cc4)CC3)c2c1. The average molecular weight is 453 g/mol. The van der Waals surface area contributed by atoms with Crippen LogP contribution in [0.4, 0.5) is 11.4 Å². The van der Waals surface area contributed by atoms with Crippen molar-refractivity contribution < 1.29 is 9.72 Å². The minimum atomic E-state index is -0.398. The lowest BCUT2D eigenvalue weighted by Crippen LogP contribution is -2.48. The highest BCUT2D eigenvalue weighted by atomic mass is 16.6. The van der Waals surface area contributed by atoms with Gasteiger partial charge in [0, 0.05) is 54.9 Å². The van der Waals surface area contributed by atoms with E-state index in [1.807, 2.05) is 66.4 Å². The minimum absolute atomic E-state index is 0.00136. The molecule has 2 heterocycles. The molecule has 3 aromatic carbocycles. The molecule has 1 aliphatic heterocycles. The molecule has 0 atom stereocenters. The quantitative estimate of drug-likeness (QED) is 0.319. The van der Waals surface area contributed by atoms with Crippen LogP contribution in [0.3, 0.4) is 0 Å². The van der Waals surface area contributed by atoms with E-state index in [2.05, 4.69) is 4.90 Å². The molecule has 0 radical (unpaired) electrons.